The van der Waals surface area contributed by atoms with Crippen molar-refractivity contribution in [1.29, 1.82) is 0 Å². The summed E-state index contributed by atoms with van der Waals surface area (Å²) in [4.78, 5) is 18.2. The molecule has 0 atom stereocenters. The van der Waals surface area contributed by atoms with Crippen LogP contribution < -0.4 is 14.4 Å². The number of ether oxygens (including phenoxy) is 2. The van der Waals surface area contributed by atoms with Gasteiger partial charge in [-0.2, -0.15) is 8.78 Å². The average Bonchev–Trinajstić information content (AvgIpc) is 2.64. The number of alkyl halides is 2. The van der Waals surface area contributed by atoms with Crippen LogP contribution in [0.5, 0.6) is 11.5 Å². The first-order chi connectivity index (χ1) is 12.9. The highest BCUT2D eigenvalue weighted by atomic mass is 79.9. The van der Waals surface area contributed by atoms with Crippen molar-refractivity contribution in [3.63, 3.8) is 0 Å². The first kappa shape index (κ1) is 20.8. The van der Waals surface area contributed by atoms with E-state index in [1.807, 2.05) is 6.92 Å². The minimum Gasteiger partial charge on any atom is -0.490 e. The molecule has 5 nitrogen and oxygen atoms in total. The predicted molar refractivity (Wildman–Crippen MR) is 103 cm³/mol. The Morgan fingerprint density at radius 2 is 2.04 bits per heavy atom. The molecule has 1 amide bonds. The number of likely N-dealkylation sites (N-methyl/N-ethyl adjacent to an activating group) is 1. The largest absolute Gasteiger partial charge is 0.490 e. The molecule has 0 aliphatic carbocycles. The summed E-state index contributed by atoms with van der Waals surface area (Å²) in [7, 11) is 0. The van der Waals surface area contributed by atoms with Gasteiger partial charge in [-0.3, -0.25) is 9.69 Å². The monoisotopic (exact) mass is 440 g/mol. The number of halogens is 3. The number of carbonyl (C=O) groups is 1. The molecule has 1 aromatic carbocycles. The topological polar surface area (TPSA) is 51.7 Å². The number of aromatic nitrogens is 1. The molecule has 0 saturated carbocycles. The van der Waals surface area contributed by atoms with Crippen molar-refractivity contribution in [3.05, 3.63) is 52.6 Å². The van der Waals surface area contributed by atoms with Crippen molar-refractivity contribution in [2.45, 2.75) is 20.5 Å². The predicted octanol–water partition coefficient (Wildman–Crippen LogP) is 4.91. The van der Waals surface area contributed by atoms with Gasteiger partial charge in [0.1, 0.15) is 5.82 Å². The van der Waals surface area contributed by atoms with Gasteiger partial charge in [0, 0.05) is 23.3 Å². The van der Waals surface area contributed by atoms with E-state index in [1.54, 1.807) is 43.5 Å². The van der Waals surface area contributed by atoms with Crippen LogP contribution in [0.15, 0.2) is 47.1 Å². The van der Waals surface area contributed by atoms with E-state index in [4.69, 9.17) is 4.74 Å². The molecular formula is C19H19BrF2N2O3. The maximum absolute atomic E-state index is 12.5. The van der Waals surface area contributed by atoms with Crippen LogP contribution in [0.2, 0.25) is 0 Å². The Hall–Kier alpha value is -2.48. The van der Waals surface area contributed by atoms with Gasteiger partial charge in [0.15, 0.2) is 11.5 Å². The molecule has 0 radical (unpaired) electrons. The molecule has 0 saturated heterocycles. The Morgan fingerprint density at radius 1 is 1.26 bits per heavy atom. The first-order valence-electron chi connectivity index (χ1n) is 8.27. The average molecular weight is 441 g/mol. The maximum atomic E-state index is 12.5. The van der Waals surface area contributed by atoms with Gasteiger partial charge in [-0.05, 0) is 65.7 Å². The molecule has 0 unspecified atom stereocenters. The van der Waals surface area contributed by atoms with Gasteiger partial charge < -0.3 is 9.47 Å². The zero-order valence-electron chi connectivity index (χ0n) is 14.9. The lowest BCUT2D eigenvalue weighted by molar-refractivity contribution is -0.114. The van der Waals surface area contributed by atoms with E-state index in [9.17, 15) is 13.6 Å². The van der Waals surface area contributed by atoms with Crippen LogP contribution in [0.1, 0.15) is 19.4 Å². The molecule has 0 fully saturated rings. The second-order valence-electron chi connectivity index (χ2n) is 5.27. The molecule has 2 aromatic rings. The lowest BCUT2D eigenvalue weighted by Gasteiger charge is -2.18. The summed E-state index contributed by atoms with van der Waals surface area (Å²) in [5.74, 6) is 0.420. The number of rotatable bonds is 8. The SMILES string of the molecule is CCOc1cc(/C=C/C(=O)N(CC)c2ccc(Br)cn2)ccc1OC(F)F. The van der Waals surface area contributed by atoms with Gasteiger partial charge in [0.05, 0.1) is 6.61 Å². The van der Waals surface area contributed by atoms with Crippen LogP contribution in [-0.4, -0.2) is 30.7 Å². The van der Waals surface area contributed by atoms with Crippen molar-refractivity contribution >= 4 is 33.7 Å². The quantitative estimate of drug-likeness (QED) is 0.547. The molecule has 0 aliphatic heterocycles. The lowest BCUT2D eigenvalue weighted by atomic mass is 10.2. The molecule has 27 heavy (non-hydrogen) atoms. The fourth-order valence-electron chi connectivity index (χ4n) is 2.31. The van der Waals surface area contributed by atoms with E-state index < -0.39 is 6.61 Å². The van der Waals surface area contributed by atoms with Gasteiger partial charge in [0.2, 0.25) is 0 Å². The Bertz CT molecular complexity index is 798. The van der Waals surface area contributed by atoms with Crippen LogP contribution in [0.3, 0.4) is 0 Å². The Morgan fingerprint density at radius 3 is 2.63 bits per heavy atom. The minimum absolute atomic E-state index is 0.0513. The molecule has 0 spiro atoms. The van der Waals surface area contributed by atoms with Crippen molar-refractivity contribution < 1.29 is 23.0 Å². The van der Waals surface area contributed by atoms with E-state index in [0.29, 0.717) is 24.5 Å². The molecule has 8 heteroatoms. The van der Waals surface area contributed by atoms with Crippen LogP contribution in [0.25, 0.3) is 6.08 Å². The third kappa shape index (κ3) is 6.02. The Kier molecular flexibility index (Phi) is 7.72. The van der Waals surface area contributed by atoms with E-state index in [1.165, 1.54) is 17.0 Å². The third-order valence-electron chi connectivity index (χ3n) is 3.47. The molecule has 1 aromatic heterocycles. The summed E-state index contributed by atoms with van der Waals surface area (Å²) in [6, 6.07) is 8.04. The van der Waals surface area contributed by atoms with Crippen molar-refractivity contribution in [3.8, 4) is 11.5 Å². The standard InChI is InChI=1S/C19H19BrF2N2O3/c1-3-24(17-9-7-14(20)12-23-17)18(25)10-6-13-5-8-15(27-19(21)22)16(11-13)26-4-2/h5-12,19H,3-4H2,1-2H3/b10-6+. The van der Waals surface area contributed by atoms with Crippen LogP contribution in [-0.2, 0) is 4.79 Å². The fourth-order valence-corrected chi connectivity index (χ4v) is 2.54. The molecule has 2 rings (SSSR count). The number of pyridine rings is 1. The van der Waals surface area contributed by atoms with Crippen LogP contribution in [0.4, 0.5) is 14.6 Å². The number of anilines is 1. The van der Waals surface area contributed by atoms with Gasteiger partial charge >= 0.3 is 6.61 Å². The van der Waals surface area contributed by atoms with E-state index in [0.717, 1.165) is 4.47 Å². The smallest absolute Gasteiger partial charge is 0.387 e. The second-order valence-corrected chi connectivity index (χ2v) is 6.18. The second kappa shape index (κ2) is 10.0. The van der Waals surface area contributed by atoms with Crippen molar-refractivity contribution in [2.24, 2.45) is 0 Å². The zero-order valence-corrected chi connectivity index (χ0v) is 16.4. The Labute approximate surface area is 164 Å². The molecule has 0 aliphatic rings. The Balaban J connectivity index is 2.18. The van der Waals surface area contributed by atoms with Crippen molar-refractivity contribution in [1.82, 2.24) is 4.98 Å². The third-order valence-corrected chi connectivity index (χ3v) is 3.94. The van der Waals surface area contributed by atoms with Crippen LogP contribution in [0, 0.1) is 0 Å². The zero-order chi connectivity index (χ0) is 19.8. The maximum Gasteiger partial charge on any atom is 0.387 e. The van der Waals surface area contributed by atoms with Gasteiger partial charge in [-0.25, -0.2) is 4.98 Å². The summed E-state index contributed by atoms with van der Waals surface area (Å²) < 4.78 is 35.5. The summed E-state index contributed by atoms with van der Waals surface area (Å²) >= 11 is 3.31. The lowest BCUT2D eigenvalue weighted by Crippen LogP contribution is -2.29. The number of carbonyl (C=O) groups excluding carboxylic acids is 1. The number of hydrogen-bond acceptors (Lipinski definition) is 4. The van der Waals surface area contributed by atoms with E-state index >= 15 is 0 Å². The number of hydrogen-bond donors (Lipinski definition) is 0. The molecular weight excluding hydrogens is 422 g/mol. The highest BCUT2D eigenvalue weighted by Gasteiger charge is 2.13. The van der Waals surface area contributed by atoms with Gasteiger partial charge in [-0.15, -0.1) is 0 Å². The van der Waals surface area contributed by atoms with E-state index in [-0.39, 0.29) is 17.4 Å². The summed E-state index contributed by atoms with van der Waals surface area (Å²) in [6.45, 7) is 1.39. The summed E-state index contributed by atoms with van der Waals surface area (Å²) in [5.41, 5.74) is 0.619. The highest BCUT2D eigenvalue weighted by Crippen LogP contribution is 2.30. The summed E-state index contributed by atoms with van der Waals surface area (Å²) in [6.07, 6.45) is 4.59. The number of benzene rings is 1. The fraction of sp³-hybridized carbons (Fsp3) is 0.263. The molecule has 144 valence electrons. The van der Waals surface area contributed by atoms with Crippen molar-refractivity contribution in [2.75, 3.05) is 18.1 Å². The molecule has 0 bridgehead atoms. The van der Waals surface area contributed by atoms with Crippen LogP contribution >= 0.6 is 15.9 Å². The number of nitrogens with zero attached hydrogens (tertiary/aromatic N) is 2. The van der Waals surface area contributed by atoms with E-state index in [2.05, 4.69) is 25.7 Å². The normalized spacial score (nSPS) is 11.0. The molecule has 1 heterocycles. The van der Waals surface area contributed by atoms with Gasteiger partial charge in [0.25, 0.3) is 5.91 Å². The highest BCUT2D eigenvalue weighted by molar-refractivity contribution is 9.10. The first-order valence-corrected chi connectivity index (χ1v) is 9.06. The molecule has 0 N–H and O–H groups in total. The van der Waals surface area contributed by atoms with Gasteiger partial charge in [-0.1, -0.05) is 6.07 Å². The number of amides is 1. The summed E-state index contributed by atoms with van der Waals surface area (Å²) in [5, 5.41) is 0. The minimum atomic E-state index is -2.94.